The lowest BCUT2D eigenvalue weighted by atomic mass is 9.91. The van der Waals surface area contributed by atoms with Gasteiger partial charge in [0.15, 0.2) is 0 Å². The van der Waals surface area contributed by atoms with Gasteiger partial charge >= 0.3 is 6.36 Å². The van der Waals surface area contributed by atoms with Crippen LogP contribution in [0.5, 0.6) is 5.75 Å². The van der Waals surface area contributed by atoms with Crippen molar-refractivity contribution >= 4 is 35.1 Å². The third-order valence-electron chi connectivity index (χ3n) is 8.11. The number of rotatable bonds is 13. The summed E-state index contributed by atoms with van der Waals surface area (Å²) in [5.41, 5.74) is 1.36. The number of nitrogens with one attached hydrogen (secondary N) is 3. The summed E-state index contributed by atoms with van der Waals surface area (Å²) in [5, 5.41) is 5.94. The smallest absolute Gasteiger partial charge is 0.406 e. The van der Waals surface area contributed by atoms with E-state index in [1.807, 2.05) is 0 Å². The Hall–Kier alpha value is -3.21. The van der Waals surface area contributed by atoms with Crippen LogP contribution in [0.15, 0.2) is 42.5 Å². The topological polar surface area (TPSA) is 126 Å². The Bertz CT molecular complexity index is 1480. The van der Waals surface area contributed by atoms with E-state index >= 15 is 0 Å². The number of alkyl halides is 3. The predicted molar refractivity (Wildman–Crippen MR) is 165 cm³/mol. The number of benzene rings is 2. The first-order valence-corrected chi connectivity index (χ1v) is 17.0. The number of halogens is 4. The molecule has 0 spiro atoms. The van der Waals surface area contributed by atoms with Crippen LogP contribution in [0.3, 0.4) is 0 Å². The van der Waals surface area contributed by atoms with Crippen molar-refractivity contribution in [2.45, 2.75) is 69.8 Å². The molecule has 0 aliphatic carbocycles. The van der Waals surface area contributed by atoms with Gasteiger partial charge in [-0.1, -0.05) is 29.7 Å². The number of sulfonamides is 1. The number of nitrogens with zero attached hydrogens (tertiary/aromatic N) is 1. The van der Waals surface area contributed by atoms with Crippen LogP contribution in [0.2, 0.25) is 0 Å². The Morgan fingerprint density at radius 2 is 1.89 bits per heavy atom. The van der Waals surface area contributed by atoms with E-state index in [0.717, 1.165) is 49.8 Å². The summed E-state index contributed by atoms with van der Waals surface area (Å²) in [6, 6.07) is 7.65. The number of hydrogen-bond acceptors (Lipinski definition) is 7. The fraction of sp³-hybridized carbons (Fsp3) is 0.533. The lowest BCUT2D eigenvalue weighted by molar-refractivity contribution is -0.274. The highest BCUT2D eigenvalue weighted by molar-refractivity contribution is 7.88. The maximum atomic E-state index is 14.5. The molecular formula is C30H39BF4N4O6S. The standard InChI is InChI=1S/C30H39BF4N4O6S/c1-46(42,43)38-26(8-5-19-9-11-36-12-10-19)29(41)39-17-24(44-18-21-6-7-22(31)14-25(21)32)15-27(39)28(40)37-16-20-3-2-4-23(13-20)45-30(33,34)35/h2-4,6-7,13-14,19,24,26-27,36,38H,5,8-12,15-18,31H2,1H3,(H,37,40)/t24-,26-,27+/m1/s1. The summed E-state index contributed by atoms with van der Waals surface area (Å²) in [7, 11) is -2.04. The second-order valence-corrected chi connectivity index (χ2v) is 13.7. The van der Waals surface area contributed by atoms with E-state index in [2.05, 4.69) is 20.1 Å². The Kier molecular flexibility index (Phi) is 12.1. The number of carbonyl (C=O) groups is 2. The van der Waals surface area contributed by atoms with Crippen molar-refractivity contribution in [1.29, 1.82) is 0 Å². The first kappa shape index (κ1) is 35.6. The number of likely N-dealkylation sites (tertiary alicyclic amines) is 1. The third-order valence-corrected chi connectivity index (χ3v) is 8.82. The van der Waals surface area contributed by atoms with Gasteiger partial charge in [0, 0.05) is 25.1 Å². The van der Waals surface area contributed by atoms with E-state index in [9.17, 15) is 35.6 Å². The highest BCUT2D eigenvalue weighted by Crippen LogP contribution is 2.27. The molecule has 2 amide bonds. The van der Waals surface area contributed by atoms with Crippen molar-refractivity contribution in [3.8, 4) is 5.75 Å². The first-order valence-electron chi connectivity index (χ1n) is 15.1. The molecule has 252 valence electrons. The summed E-state index contributed by atoms with van der Waals surface area (Å²) in [4.78, 5) is 28.7. The molecule has 0 radical (unpaired) electrons. The van der Waals surface area contributed by atoms with Crippen molar-refractivity contribution in [2.75, 3.05) is 25.9 Å². The molecule has 2 saturated heterocycles. The maximum Gasteiger partial charge on any atom is 0.573 e. The molecule has 0 unspecified atom stereocenters. The van der Waals surface area contributed by atoms with Crippen LogP contribution in [0, 0.1) is 11.7 Å². The van der Waals surface area contributed by atoms with Gasteiger partial charge in [0.2, 0.25) is 21.8 Å². The Labute approximate surface area is 267 Å². The number of ether oxygens (including phenoxy) is 2. The Morgan fingerprint density at radius 3 is 2.57 bits per heavy atom. The molecule has 46 heavy (non-hydrogen) atoms. The molecule has 0 saturated carbocycles. The van der Waals surface area contributed by atoms with Crippen molar-refractivity contribution in [3.63, 3.8) is 0 Å². The predicted octanol–water partition coefficient (Wildman–Crippen LogP) is 1.48. The van der Waals surface area contributed by atoms with Gasteiger partial charge in [-0.05, 0) is 68.5 Å². The highest BCUT2D eigenvalue weighted by atomic mass is 32.2. The molecule has 10 nitrogen and oxygen atoms in total. The molecule has 0 aromatic heterocycles. The molecule has 3 N–H and O–H groups in total. The quantitative estimate of drug-likeness (QED) is 0.218. The molecule has 2 aromatic carbocycles. The second kappa shape index (κ2) is 15.6. The molecule has 4 rings (SSSR count). The summed E-state index contributed by atoms with van der Waals surface area (Å²) in [6.07, 6.45) is -1.92. The summed E-state index contributed by atoms with van der Waals surface area (Å²) in [6.45, 7) is 1.35. The maximum absolute atomic E-state index is 14.5. The van der Waals surface area contributed by atoms with E-state index < -0.39 is 58.0 Å². The van der Waals surface area contributed by atoms with Gasteiger partial charge in [-0.3, -0.25) is 9.59 Å². The molecule has 2 aromatic rings. The summed E-state index contributed by atoms with van der Waals surface area (Å²) in [5.74, 6) is -1.77. The van der Waals surface area contributed by atoms with Crippen molar-refractivity contribution < 1.29 is 45.0 Å². The summed E-state index contributed by atoms with van der Waals surface area (Å²) < 4.78 is 89.4. The van der Waals surface area contributed by atoms with Crippen LogP contribution in [-0.2, 0) is 37.5 Å². The average Bonchev–Trinajstić information content (AvgIpc) is 3.41. The minimum Gasteiger partial charge on any atom is -0.406 e. The van der Waals surface area contributed by atoms with Gasteiger partial charge in [-0.2, -0.15) is 0 Å². The van der Waals surface area contributed by atoms with Crippen LogP contribution in [0.4, 0.5) is 17.6 Å². The van der Waals surface area contributed by atoms with Crippen molar-refractivity contribution in [3.05, 3.63) is 59.4 Å². The van der Waals surface area contributed by atoms with Gasteiger partial charge in [-0.25, -0.2) is 17.5 Å². The van der Waals surface area contributed by atoms with Crippen LogP contribution >= 0.6 is 0 Å². The SMILES string of the molecule is Bc1ccc(CO[C@@H]2C[C@@H](C(=O)NCc3cccc(OC(F)(F)F)c3)N(C(=O)[C@@H](CCC3CCNCC3)NS(C)(=O)=O)C2)c(F)c1. The zero-order chi connectivity index (χ0) is 33.5. The zero-order valence-corrected chi connectivity index (χ0v) is 26.6. The Morgan fingerprint density at radius 1 is 1.15 bits per heavy atom. The third kappa shape index (κ3) is 11.0. The van der Waals surface area contributed by atoms with Gasteiger partial charge in [0.25, 0.3) is 0 Å². The molecule has 2 fully saturated rings. The van der Waals surface area contributed by atoms with Gasteiger partial charge in [0.05, 0.1) is 19.0 Å². The number of hydrogen-bond donors (Lipinski definition) is 3. The van der Waals surface area contributed by atoms with E-state index in [4.69, 9.17) is 4.74 Å². The highest BCUT2D eigenvalue weighted by Gasteiger charge is 2.43. The van der Waals surface area contributed by atoms with E-state index in [1.165, 1.54) is 23.1 Å². The molecule has 0 bridgehead atoms. The summed E-state index contributed by atoms with van der Waals surface area (Å²) >= 11 is 0. The molecule has 16 heteroatoms. The van der Waals surface area contributed by atoms with Gasteiger partial charge in [0.1, 0.15) is 31.5 Å². The largest absolute Gasteiger partial charge is 0.573 e. The van der Waals surface area contributed by atoms with Crippen molar-refractivity contribution in [1.82, 2.24) is 20.3 Å². The fourth-order valence-electron chi connectivity index (χ4n) is 5.81. The molecule has 2 aliphatic heterocycles. The Balaban J connectivity index is 1.50. The van der Waals surface area contributed by atoms with Gasteiger partial charge < -0.3 is 25.0 Å². The lowest BCUT2D eigenvalue weighted by Crippen LogP contribution is -2.53. The number of piperidine rings is 1. The molecule has 2 aliphatic rings. The average molecular weight is 671 g/mol. The van der Waals surface area contributed by atoms with E-state index in [0.29, 0.717) is 23.5 Å². The minimum atomic E-state index is -4.88. The molecule has 3 atom stereocenters. The lowest BCUT2D eigenvalue weighted by Gasteiger charge is -2.30. The van der Waals surface area contributed by atoms with Crippen LogP contribution in [-0.4, -0.2) is 83.4 Å². The first-order chi connectivity index (χ1) is 21.7. The van der Waals surface area contributed by atoms with Crippen molar-refractivity contribution in [2.24, 2.45) is 5.92 Å². The molecular weight excluding hydrogens is 631 g/mol. The minimum absolute atomic E-state index is 0.0438. The van der Waals surface area contributed by atoms with Crippen LogP contribution < -0.4 is 25.6 Å². The van der Waals surface area contributed by atoms with Gasteiger partial charge in [-0.15, -0.1) is 13.2 Å². The van der Waals surface area contributed by atoms with E-state index in [-0.39, 0.29) is 32.5 Å². The van der Waals surface area contributed by atoms with Crippen LogP contribution in [0.1, 0.15) is 43.2 Å². The second-order valence-electron chi connectivity index (χ2n) is 11.9. The number of carbonyl (C=O) groups excluding carboxylic acids is 2. The monoisotopic (exact) mass is 670 g/mol. The fourth-order valence-corrected chi connectivity index (χ4v) is 6.55. The van der Waals surface area contributed by atoms with E-state index in [1.54, 1.807) is 20.0 Å². The van der Waals surface area contributed by atoms with Crippen LogP contribution in [0.25, 0.3) is 0 Å². The number of amides is 2. The normalized spacial score (nSPS) is 20.0. The molecule has 2 heterocycles. The zero-order valence-electron chi connectivity index (χ0n) is 25.7.